The quantitative estimate of drug-likeness (QED) is 0.771. The van der Waals surface area contributed by atoms with Gasteiger partial charge in [0.1, 0.15) is 0 Å². The minimum atomic E-state index is -0.422. The van der Waals surface area contributed by atoms with Crippen LogP contribution < -0.4 is 9.64 Å². The molecule has 0 N–H and O–H groups in total. The molecule has 22 heavy (non-hydrogen) atoms. The van der Waals surface area contributed by atoms with Crippen LogP contribution in [0.4, 0.5) is 5.69 Å². The first kappa shape index (κ1) is 13.8. The SMILES string of the molecule is COC(=O)c1nc(OCC2CC2)ccc1N1CCC12COC2. The fourth-order valence-electron chi connectivity index (χ4n) is 3.02. The van der Waals surface area contributed by atoms with Crippen LogP contribution in [-0.4, -0.2) is 50.0 Å². The van der Waals surface area contributed by atoms with Gasteiger partial charge in [0.05, 0.1) is 38.2 Å². The molecule has 118 valence electrons. The van der Waals surface area contributed by atoms with Crippen LogP contribution in [0.2, 0.25) is 0 Å². The third-order valence-corrected chi connectivity index (χ3v) is 4.80. The molecule has 2 aliphatic heterocycles. The predicted molar refractivity (Wildman–Crippen MR) is 79.3 cm³/mol. The van der Waals surface area contributed by atoms with E-state index in [1.165, 1.54) is 20.0 Å². The van der Waals surface area contributed by atoms with E-state index in [0.717, 1.165) is 18.7 Å². The number of esters is 1. The molecular weight excluding hydrogens is 284 g/mol. The lowest BCUT2D eigenvalue weighted by Crippen LogP contribution is -2.71. The Morgan fingerprint density at radius 1 is 1.45 bits per heavy atom. The lowest BCUT2D eigenvalue weighted by Gasteiger charge is -2.58. The third-order valence-electron chi connectivity index (χ3n) is 4.80. The summed E-state index contributed by atoms with van der Waals surface area (Å²) >= 11 is 0. The van der Waals surface area contributed by atoms with E-state index >= 15 is 0 Å². The molecule has 0 aromatic carbocycles. The molecule has 2 saturated heterocycles. The highest BCUT2D eigenvalue weighted by Crippen LogP contribution is 2.42. The van der Waals surface area contributed by atoms with E-state index in [0.29, 0.717) is 37.3 Å². The van der Waals surface area contributed by atoms with Gasteiger partial charge in [0.25, 0.3) is 0 Å². The maximum atomic E-state index is 12.1. The van der Waals surface area contributed by atoms with E-state index in [2.05, 4.69) is 9.88 Å². The van der Waals surface area contributed by atoms with Crippen molar-refractivity contribution in [3.05, 3.63) is 17.8 Å². The molecule has 0 atom stereocenters. The van der Waals surface area contributed by atoms with E-state index < -0.39 is 5.97 Å². The van der Waals surface area contributed by atoms with Crippen molar-refractivity contribution in [3.8, 4) is 5.88 Å². The summed E-state index contributed by atoms with van der Waals surface area (Å²) in [6.45, 7) is 3.02. The van der Waals surface area contributed by atoms with Crippen LogP contribution in [0.3, 0.4) is 0 Å². The summed E-state index contributed by atoms with van der Waals surface area (Å²) in [5.41, 5.74) is 1.21. The second-order valence-electron chi connectivity index (χ2n) is 6.38. The molecule has 1 saturated carbocycles. The van der Waals surface area contributed by atoms with Gasteiger partial charge in [0.15, 0.2) is 5.69 Å². The Balaban J connectivity index is 1.60. The zero-order valence-electron chi connectivity index (χ0n) is 12.7. The standard InChI is InChI=1S/C16H20N2O4/c1-20-15(19)14-12(18-7-6-16(18)9-21-10-16)4-5-13(17-14)22-8-11-2-3-11/h4-5,11H,2-3,6-10H2,1H3. The molecular formula is C16H20N2O4. The van der Waals surface area contributed by atoms with Gasteiger partial charge in [-0.1, -0.05) is 0 Å². The Labute approximate surface area is 129 Å². The van der Waals surface area contributed by atoms with Gasteiger partial charge in [0.2, 0.25) is 5.88 Å². The van der Waals surface area contributed by atoms with E-state index in [4.69, 9.17) is 14.2 Å². The number of anilines is 1. The van der Waals surface area contributed by atoms with Crippen molar-refractivity contribution in [2.75, 3.05) is 38.4 Å². The number of rotatable bonds is 5. The molecule has 1 aromatic rings. The van der Waals surface area contributed by atoms with Gasteiger partial charge in [-0.05, 0) is 31.2 Å². The normalized spacial score (nSPS) is 22.0. The summed E-state index contributed by atoms with van der Waals surface area (Å²) < 4.78 is 15.9. The van der Waals surface area contributed by atoms with Gasteiger partial charge in [-0.25, -0.2) is 9.78 Å². The second-order valence-corrected chi connectivity index (χ2v) is 6.38. The lowest BCUT2D eigenvalue weighted by atomic mass is 9.82. The molecule has 3 fully saturated rings. The first-order chi connectivity index (χ1) is 10.7. The van der Waals surface area contributed by atoms with E-state index in [1.54, 1.807) is 0 Å². The van der Waals surface area contributed by atoms with Crippen molar-refractivity contribution in [3.63, 3.8) is 0 Å². The Bertz CT molecular complexity index is 590. The van der Waals surface area contributed by atoms with E-state index in [1.807, 2.05) is 12.1 Å². The van der Waals surface area contributed by atoms with Crippen LogP contribution in [-0.2, 0) is 9.47 Å². The van der Waals surface area contributed by atoms with Gasteiger partial charge < -0.3 is 19.1 Å². The van der Waals surface area contributed by atoms with E-state index in [-0.39, 0.29) is 5.54 Å². The molecule has 6 nitrogen and oxygen atoms in total. The summed E-state index contributed by atoms with van der Waals surface area (Å²) in [5.74, 6) is 0.721. The molecule has 0 bridgehead atoms. The number of hydrogen-bond donors (Lipinski definition) is 0. The molecule has 3 heterocycles. The van der Waals surface area contributed by atoms with Crippen molar-refractivity contribution >= 4 is 11.7 Å². The van der Waals surface area contributed by atoms with Gasteiger partial charge in [-0.3, -0.25) is 0 Å². The maximum Gasteiger partial charge on any atom is 0.358 e. The minimum absolute atomic E-state index is 0.0564. The van der Waals surface area contributed by atoms with Crippen LogP contribution in [0.25, 0.3) is 0 Å². The highest BCUT2D eigenvalue weighted by molar-refractivity contribution is 5.94. The van der Waals surface area contributed by atoms with Gasteiger partial charge in [-0.2, -0.15) is 0 Å². The fourth-order valence-corrected chi connectivity index (χ4v) is 3.02. The fraction of sp³-hybridized carbons (Fsp3) is 0.625. The Hall–Kier alpha value is -1.82. The van der Waals surface area contributed by atoms with Crippen LogP contribution in [0.15, 0.2) is 12.1 Å². The molecule has 0 unspecified atom stereocenters. The first-order valence-electron chi connectivity index (χ1n) is 7.79. The van der Waals surface area contributed by atoms with Crippen molar-refractivity contribution in [2.45, 2.75) is 24.8 Å². The van der Waals surface area contributed by atoms with Gasteiger partial charge in [0, 0.05) is 12.6 Å². The maximum absolute atomic E-state index is 12.1. The van der Waals surface area contributed by atoms with Gasteiger partial charge in [-0.15, -0.1) is 0 Å². The number of carbonyl (C=O) groups is 1. The molecule has 0 radical (unpaired) electrons. The number of ether oxygens (including phenoxy) is 3. The second kappa shape index (κ2) is 5.12. The molecule has 1 spiro atoms. The molecule has 4 rings (SSSR count). The summed E-state index contributed by atoms with van der Waals surface area (Å²) in [4.78, 5) is 18.7. The van der Waals surface area contributed by atoms with Crippen molar-refractivity contribution in [2.24, 2.45) is 5.92 Å². The smallest absolute Gasteiger partial charge is 0.358 e. The molecule has 6 heteroatoms. The topological polar surface area (TPSA) is 60.9 Å². The highest BCUT2D eigenvalue weighted by atomic mass is 16.5. The Kier molecular flexibility index (Phi) is 3.22. The van der Waals surface area contributed by atoms with Crippen molar-refractivity contribution in [1.82, 2.24) is 4.98 Å². The zero-order valence-corrected chi connectivity index (χ0v) is 12.7. The lowest BCUT2D eigenvalue weighted by molar-refractivity contribution is -0.0848. The zero-order chi connectivity index (χ0) is 15.2. The number of methoxy groups -OCH3 is 1. The number of aromatic nitrogens is 1. The van der Waals surface area contributed by atoms with Gasteiger partial charge >= 0.3 is 5.97 Å². The molecule has 0 amide bonds. The molecule has 1 aliphatic carbocycles. The van der Waals surface area contributed by atoms with Crippen LogP contribution in [0, 0.1) is 5.92 Å². The Morgan fingerprint density at radius 2 is 2.27 bits per heavy atom. The third kappa shape index (κ3) is 2.22. The minimum Gasteiger partial charge on any atom is -0.477 e. The summed E-state index contributed by atoms with van der Waals surface area (Å²) in [6, 6.07) is 3.76. The summed E-state index contributed by atoms with van der Waals surface area (Å²) in [7, 11) is 1.38. The summed E-state index contributed by atoms with van der Waals surface area (Å²) in [6.07, 6.45) is 3.53. The molecule has 3 aliphatic rings. The van der Waals surface area contributed by atoms with Crippen molar-refractivity contribution < 1.29 is 19.0 Å². The predicted octanol–water partition coefficient (Wildman–Crippen LogP) is 1.64. The highest BCUT2D eigenvalue weighted by Gasteiger charge is 2.51. The number of hydrogen-bond acceptors (Lipinski definition) is 6. The number of carbonyl (C=O) groups excluding carboxylic acids is 1. The van der Waals surface area contributed by atoms with Crippen molar-refractivity contribution in [1.29, 1.82) is 0 Å². The largest absolute Gasteiger partial charge is 0.477 e. The van der Waals surface area contributed by atoms with Crippen LogP contribution in [0.1, 0.15) is 29.8 Å². The Morgan fingerprint density at radius 3 is 2.82 bits per heavy atom. The summed E-state index contributed by atoms with van der Waals surface area (Å²) in [5, 5.41) is 0. The van der Waals surface area contributed by atoms with Crippen LogP contribution >= 0.6 is 0 Å². The monoisotopic (exact) mass is 304 g/mol. The van der Waals surface area contributed by atoms with E-state index in [9.17, 15) is 4.79 Å². The average molecular weight is 304 g/mol. The van der Waals surface area contributed by atoms with Crippen LogP contribution in [0.5, 0.6) is 5.88 Å². The first-order valence-corrected chi connectivity index (χ1v) is 7.79. The number of pyridine rings is 1. The average Bonchev–Trinajstić information content (AvgIpc) is 3.27. The number of nitrogens with zero attached hydrogens (tertiary/aromatic N) is 2. The molecule has 1 aromatic heterocycles.